The largest absolute Gasteiger partial charge is 0.490 e. The van der Waals surface area contributed by atoms with Crippen LogP contribution < -0.4 is 10.5 Å². The molecule has 2 N–H and O–H groups in total. The van der Waals surface area contributed by atoms with Crippen LogP contribution in [0.5, 0.6) is 5.75 Å². The molecule has 0 atom stereocenters. The minimum absolute atomic E-state index is 0.405. The Bertz CT molecular complexity index is 648. The lowest BCUT2D eigenvalue weighted by molar-refractivity contribution is 0.303. The molecule has 0 amide bonds. The number of nitrogen functional groups attached to an aromatic ring is 1. The second-order valence-corrected chi connectivity index (χ2v) is 5.66. The maximum absolute atomic E-state index is 5.91. The first-order valence-electron chi connectivity index (χ1n) is 7.19. The molecule has 20 heavy (non-hydrogen) atoms. The average molecular weight is 267 g/mol. The molecule has 4 heteroatoms. The summed E-state index contributed by atoms with van der Waals surface area (Å²) >= 11 is 0. The van der Waals surface area contributed by atoms with E-state index in [9.17, 15) is 0 Å². The van der Waals surface area contributed by atoms with Gasteiger partial charge < -0.3 is 10.5 Å². The Morgan fingerprint density at radius 3 is 2.65 bits per heavy atom. The summed E-state index contributed by atoms with van der Waals surface area (Å²) in [6.07, 6.45) is 5.08. The van der Waals surface area contributed by atoms with Crippen molar-refractivity contribution in [1.82, 2.24) is 9.97 Å². The lowest BCUT2D eigenvalue weighted by atomic mass is 10.1. The van der Waals surface area contributed by atoms with Gasteiger partial charge in [0.1, 0.15) is 17.4 Å². The Balaban J connectivity index is 1.68. The van der Waals surface area contributed by atoms with Crippen LogP contribution in [-0.4, -0.2) is 16.1 Å². The average Bonchev–Trinajstić information content (AvgIpc) is 3.32. The van der Waals surface area contributed by atoms with Crippen LogP contribution in [0.2, 0.25) is 0 Å². The van der Waals surface area contributed by atoms with Crippen molar-refractivity contribution >= 4 is 5.82 Å². The predicted molar refractivity (Wildman–Crippen MR) is 77.5 cm³/mol. The molecule has 0 aliphatic heterocycles. The van der Waals surface area contributed by atoms with Crippen molar-refractivity contribution < 1.29 is 4.74 Å². The molecule has 4 rings (SSSR count). The van der Waals surface area contributed by atoms with Gasteiger partial charge in [0, 0.05) is 17.5 Å². The minimum atomic E-state index is 0.405. The summed E-state index contributed by atoms with van der Waals surface area (Å²) < 4.78 is 5.83. The summed E-state index contributed by atoms with van der Waals surface area (Å²) in [6, 6.07) is 9.91. The Labute approximate surface area is 118 Å². The summed E-state index contributed by atoms with van der Waals surface area (Å²) in [4.78, 5) is 8.99. The monoisotopic (exact) mass is 267 g/mol. The van der Waals surface area contributed by atoms with Gasteiger partial charge in [-0.25, -0.2) is 9.97 Å². The molecular weight excluding hydrogens is 250 g/mol. The molecule has 0 spiro atoms. The van der Waals surface area contributed by atoms with Crippen LogP contribution in [-0.2, 0) is 0 Å². The van der Waals surface area contributed by atoms with E-state index >= 15 is 0 Å². The van der Waals surface area contributed by atoms with Gasteiger partial charge in [0.15, 0.2) is 0 Å². The van der Waals surface area contributed by atoms with Gasteiger partial charge in [-0.3, -0.25) is 0 Å². The predicted octanol–water partition coefficient (Wildman–Crippen LogP) is 3.14. The molecule has 102 valence electrons. The van der Waals surface area contributed by atoms with Crippen LogP contribution in [0.15, 0.2) is 30.3 Å². The number of hydrogen-bond donors (Lipinski definition) is 1. The SMILES string of the molecule is Nc1cc(-c2cccc(OC3CC3)c2)nc(C2CC2)n1. The molecule has 2 aliphatic carbocycles. The van der Waals surface area contributed by atoms with Crippen LogP contribution >= 0.6 is 0 Å². The molecule has 0 saturated heterocycles. The highest BCUT2D eigenvalue weighted by Crippen LogP contribution is 2.39. The van der Waals surface area contributed by atoms with Crippen molar-refractivity contribution in [2.24, 2.45) is 0 Å². The molecule has 2 saturated carbocycles. The maximum atomic E-state index is 5.91. The highest BCUT2D eigenvalue weighted by molar-refractivity contribution is 5.63. The van der Waals surface area contributed by atoms with Gasteiger partial charge >= 0.3 is 0 Å². The third kappa shape index (κ3) is 2.46. The molecular formula is C16H17N3O. The van der Waals surface area contributed by atoms with E-state index in [1.807, 2.05) is 30.3 Å². The zero-order chi connectivity index (χ0) is 13.5. The van der Waals surface area contributed by atoms with Crippen LogP contribution in [0.3, 0.4) is 0 Å². The quantitative estimate of drug-likeness (QED) is 0.924. The topological polar surface area (TPSA) is 61.0 Å². The van der Waals surface area contributed by atoms with Crippen molar-refractivity contribution in [3.8, 4) is 17.0 Å². The number of benzene rings is 1. The Kier molecular flexibility index (Phi) is 2.62. The van der Waals surface area contributed by atoms with E-state index in [1.165, 1.54) is 12.8 Å². The van der Waals surface area contributed by atoms with E-state index in [4.69, 9.17) is 10.5 Å². The molecule has 1 heterocycles. The first-order chi connectivity index (χ1) is 9.78. The number of nitrogens with zero attached hydrogens (tertiary/aromatic N) is 2. The Morgan fingerprint density at radius 1 is 1.05 bits per heavy atom. The van der Waals surface area contributed by atoms with E-state index in [0.29, 0.717) is 17.8 Å². The van der Waals surface area contributed by atoms with Crippen LogP contribution in [0.4, 0.5) is 5.82 Å². The third-order valence-electron chi connectivity index (χ3n) is 3.66. The van der Waals surface area contributed by atoms with Crippen molar-refractivity contribution in [2.45, 2.75) is 37.7 Å². The second kappa shape index (κ2) is 4.47. The maximum Gasteiger partial charge on any atom is 0.134 e. The second-order valence-electron chi connectivity index (χ2n) is 5.66. The molecule has 4 nitrogen and oxygen atoms in total. The molecule has 0 radical (unpaired) electrons. The van der Waals surface area contributed by atoms with Gasteiger partial charge in [-0.05, 0) is 37.8 Å². The Morgan fingerprint density at radius 2 is 1.90 bits per heavy atom. The van der Waals surface area contributed by atoms with Crippen LogP contribution in [0, 0.1) is 0 Å². The molecule has 0 bridgehead atoms. The molecule has 1 aromatic carbocycles. The third-order valence-corrected chi connectivity index (χ3v) is 3.66. The summed E-state index contributed by atoms with van der Waals surface area (Å²) in [6.45, 7) is 0. The van der Waals surface area contributed by atoms with E-state index < -0.39 is 0 Å². The fourth-order valence-electron chi connectivity index (χ4n) is 2.26. The summed E-state index contributed by atoms with van der Waals surface area (Å²) in [5.41, 5.74) is 7.84. The number of nitrogens with two attached hydrogens (primary N) is 1. The van der Waals surface area contributed by atoms with Crippen molar-refractivity contribution in [3.05, 3.63) is 36.2 Å². The normalized spacial score (nSPS) is 18.0. The van der Waals surface area contributed by atoms with Gasteiger partial charge in [0.05, 0.1) is 11.8 Å². The summed E-state index contributed by atoms with van der Waals surface area (Å²) in [5, 5.41) is 0. The zero-order valence-electron chi connectivity index (χ0n) is 11.2. The van der Waals surface area contributed by atoms with E-state index in [0.717, 1.165) is 35.7 Å². The molecule has 1 aromatic heterocycles. The molecule has 2 fully saturated rings. The van der Waals surface area contributed by atoms with Crippen molar-refractivity contribution in [3.63, 3.8) is 0 Å². The lowest BCUT2D eigenvalue weighted by Gasteiger charge is -2.08. The van der Waals surface area contributed by atoms with Crippen molar-refractivity contribution in [1.29, 1.82) is 0 Å². The highest BCUT2D eigenvalue weighted by atomic mass is 16.5. The van der Waals surface area contributed by atoms with E-state index in [-0.39, 0.29) is 0 Å². The minimum Gasteiger partial charge on any atom is -0.490 e. The van der Waals surface area contributed by atoms with Gasteiger partial charge in [-0.1, -0.05) is 12.1 Å². The first kappa shape index (κ1) is 11.7. The highest BCUT2D eigenvalue weighted by Gasteiger charge is 2.27. The number of aromatic nitrogens is 2. The number of anilines is 1. The van der Waals surface area contributed by atoms with Gasteiger partial charge in [-0.15, -0.1) is 0 Å². The first-order valence-corrected chi connectivity index (χ1v) is 7.19. The van der Waals surface area contributed by atoms with Gasteiger partial charge in [0.2, 0.25) is 0 Å². The zero-order valence-corrected chi connectivity index (χ0v) is 11.2. The standard InChI is InChI=1S/C16H17N3O/c17-15-9-14(18-16(19-15)10-4-5-10)11-2-1-3-13(8-11)20-12-6-7-12/h1-3,8-10,12H,4-7H2,(H2,17,18,19). The number of hydrogen-bond acceptors (Lipinski definition) is 4. The molecule has 2 aromatic rings. The Hall–Kier alpha value is -2.10. The van der Waals surface area contributed by atoms with Crippen LogP contribution in [0.1, 0.15) is 37.4 Å². The molecule has 0 unspecified atom stereocenters. The lowest BCUT2D eigenvalue weighted by Crippen LogP contribution is -2.00. The summed E-state index contributed by atoms with van der Waals surface area (Å²) in [7, 11) is 0. The van der Waals surface area contributed by atoms with Gasteiger partial charge in [-0.2, -0.15) is 0 Å². The smallest absolute Gasteiger partial charge is 0.134 e. The van der Waals surface area contributed by atoms with Crippen LogP contribution in [0.25, 0.3) is 11.3 Å². The van der Waals surface area contributed by atoms with E-state index in [2.05, 4.69) is 9.97 Å². The fourth-order valence-corrected chi connectivity index (χ4v) is 2.26. The van der Waals surface area contributed by atoms with E-state index in [1.54, 1.807) is 0 Å². The molecule has 2 aliphatic rings. The van der Waals surface area contributed by atoms with Crippen molar-refractivity contribution in [2.75, 3.05) is 5.73 Å². The fraction of sp³-hybridized carbons (Fsp3) is 0.375. The number of rotatable bonds is 4. The van der Waals surface area contributed by atoms with Gasteiger partial charge in [0.25, 0.3) is 0 Å². The number of ether oxygens (including phenoxy) is 1. The summed E-state index contributed by atoms with van der Waals surface area (Å²) in [5.74, 6) is 2.84.